The fourth-order valence-corrected chi connectivity index (χ4v) is 3.27. The lowest BCUT2D eigenvalue weighted by Gasteiger charge is -2.24. The number of halogens is 3. The van der Waals surface area contributed by atoms with Crippen molar-refractivity contribution in [1.29, 1.82) is 0 Å². The Kier molecular flexibility index (Phi) is 6.77. The first-order valence-corrected chi connectivity index (χ1v) is 9.42. The molecule has 1 unspecified atom stereocenters. The van der Waals surface area contributed by atoms with E-state index < -0.39 is 36.1 Å². The van der Waals surface area contributed by atoms with Crippen LogP contribution in [0.5, 0.6) is 0 Å². The van der Waals surface area contributed by atoms with E-state index in [0.717, 1.165) is 12.1 Å². The molecule has 0 radical (unpaired) electrons. The average molecular weight is 441 g/mol. The van der Waals surface area contributed by atoms with Crippen molar-refractivity contribution in [2.24, 2.45) is 0 Å². The molecule has 1 aliphatic rings. The fourth-order valence-electron chi connectivity index (χ4n) is 3.27. The molecule has 3 rings (SSSR count). The number of hydrogen-bond donors (Lipinski definition) is 2. The van der Waals surface area contributed by atoms with Crippen LogP contribution in [0.25, 0.3) is 0 Å². The van der Waals surface area contributed by atoms with Crippen LogP contribution >= 0.6 is 0 Å². The quantitative estimate of drug-likeness (QED) is 0.669. The molecule has 2 aromatic rings. The summed E-state index contributed by atoms with van der Waals surface area (Å²) >= 11 is 0. The van der Waals surface area contributed by atoms with Gasteiger partial charge in [0.2, 0.25) is 0 Å². The molecule has 8 nitrogen and oxygen atoms in total. The molecule has 1 aromatic carbocycles. The lowest BCUT2D eigenvalue weighted by atomic mass is 10.0. The molecule has 0 aliphatic carbocycles. The molecule has 2 atom stereocenters. The number of aromatic nitrogens is 2. The maximum Gasteiger partial charge on any atom is 0.416 e. The Labute approximate surface area is 176 Å². The van der Waals surface area contributed by atoms with E-state index in [1.807, 2.05) is 0 Å². The van der Waals surface area contributed by atoms with Crippen LogP contribution < -0.4 is 5.32 Å². The molecular formula is C20H22F3N3O5. The largest absolute Gasteiger partial charge is 0.479 e. The number of methoxy groups -OCH3 is 1. The third-order valence-electron chi connectivity index (χ3n) is 4.72. The monoisotopic (exact) mass is 441 g/mol. The Balaban J connectivity index is 2.04. The van der Waals surface area contributed by atoms with Gasteiger partial charge < -0.3 is 24.6 Å². The first-order chi connectivity index (χ1) is 14.6. The highest BCUT2D eigenvalue weighted by molar-refractivity contribution is 5.75. The van der Waals surface area contributed by atoms with Crippen molar-refractivity contribution >= 4 is 11.8 Å². The maximum absolute atomic E-state index is 13.1. The number of carboxylic acids is 1. The van der Waals surface area contributed by atoms with Crippen LogP contribution in [0, 0.1) is 6.92 Å². The molecule has 0 bridgehead atoms. The zero-order valence-electron chi connectivity index (χ0n) is 17.1. The van der Waals surface area contributed by atoms with Crippen LogP contribution in [-0.2, 0) is 25.2 Å². The number of hydrogen-bond acceptors (Lipinski definition) is 7. The summed E-state index contributed by atoms with van der Waals surface area (Å²) in [5.74, 6) is -0.821. The summed E-state index contributed by atoms with van der Waals surface area (Å²) in [7, 11) is 1.23. The van der Waals surface area contributed by atoms with Gasteiger partial charge in [0.05, 0.1) is 30.0 Å². The standard InChI is InChI=1S/C20H22F3N3O5/c1-10(12-5-4-6-13(9-12)20(21,22)23)24-17-14(19-30-7-8-31-19)15(25-11(2)26-17)16(29-3)18(27)28/h4-6,9-10,16,19H,7-8H2,1-3H3,(H,27,28)(H,24,25,26)/t10-,16?/m1/s1. The number of nitrogens with zero attached hydrogens (tertiary/aromatic N) is 2. The van der Waals surface area contributed by atoms with Gasteiger partial charge in [-0.05, 0) is 31.5 Å². The van der Waals surface area contributed by atoms with Crippen LogP contribution in [0.2, 0.25) is 0 Å². The summed E-state index contributed by atoms with van der Waals surface area (Å²) in [5, 5.41) is 12.6. The summed E-state index contributed by atoms with van der Waals surface area (Å²) < 4.78 is 55.5. The Morgan fingerprint density at radius 1 is 1.29 bits per heavy atom. The van der Waals surface area contributed by atoms with E-state index in [0.29, 0.717) is 5.56 Å². The van der Waals surface area contributed by atoms with Gasteiger partial charge in [-0.1, -0.05) is 12.1 Å². The predicted molar refractivity (Wildman–Crippen MR) is 102 cm³/mol. The molecule has 11 heteroatoms. The molecule has 2 heterocycles. The highest BCUT2D eigenvalue weighted by Crippen LogP contribution is 2.37. The van der Waals surface area contributed by atoms with Crippen molar-refractivity contribution in [3.05, 3.63) is 52.5 Å². The second-order valence-electron chi connectivity index (χ2n) is 6.94. The minimum Gasteiger partial charge on any atom is -0.479 e. The van der Waals surface area contributed by atoms with Gasteiger partial charge in [-0.2, -0.15) is 13.2 Å². The van der Waals surface area contributed by atoms with Gasteiger partial charge in [-0.25, -0.2) is 14.8 Å². The Morgan fingerprint density at radius 3 is 2.55 bits per heavy atom. The predicted octanol–water partition coefficient (Wildman–Crippen LogP) is 3.79. The van der Waals surface area contributed by atoms with Crippen LogP contribution in [0.3, 0.4) is 0 Å². The molecule has 2 N–H and O–H groups in total. The number of anilines is 1. The minimum atomic E-state index is -4.47. The Morgan fingerprint density at radius 2 is 1.97 bits per heavy atom. The van der Waals surface area contributed by atoms with Gasteiger partial charge in [0.1, 0.15) is 11.6 Å². The van der Waals surface area contributed by atoms with Crippen LogP contribution in [0.15, 0.2) is 24.3 Å². The lowest BCUT2D eigenvalue weighted by Crippen LogP contribution is -2.22. The molecule has 1 aromatic heterocycles. The highest BCUT2D eigenvalue weighted by atomic mass is 19.4. The number of ether oxygens (including phenoxy) is 3. The van der Waals surface area contributed by atoms with Gasteiger partial charge in [0.15, 0.2) is 12.4 Å². The molecule has 31 heavy (non-hydrogen) atoms. The van der Waals surface area contributed by atoms with Gasteiger partial charge in [-0.15, -0.1) is 0 Å². The third kappa shape index (κ3) is 5.12. The molecule has 1 aliphatic heterocycles. The first-order valence-electron chi connectivity index (χ1n) is 9.42. The van der Waals surface area contributed by atoms with Crippen molar-refractivity contribution in [3.8, 4) is 0 Å². The number of aliphatic carboxylic acids is 1. The number of carbonyl (C=O) groups is 1. The molecule has 0 saturated carbocycles. The van der Waals surface area contributed by atoms with Gasteiger partial charge in [0, 0.05) is 13.2 Å². The van der Waals surface area contributed by atoms with Crippen LogP contribution in [0.1, 0.15) is 53.6 Å². The molecule has 1 saturated heterocycles. The van der Waals surface area contributed by atoms with Gasteiger partial charge in [0.25, 0.3) is 0 Å². The second kappa shape index (κ2) is 9.16. The summed E-state index contributed by atoms with van der Waals surface area (Å²) in [6.45, 7) is 3.80. The molecular weight excluding hydrogens is 419 g/mol. The van der Waals surface area contributed by atoms with E-state index in [-0.39, 0.29) is 36.1 Å². The van der Waals surface area contributed by atoms with E-state index >= 15 is 0 Å². The van der Waals surface area contributed by atoms with Crippen LogP contribution in [0.4, 0.5) is 19.0 Å². The molecule has 0 amide bonds. The van der Waals surface area contributed by atoms with E-state index in [1.165, 1.54) is 13.2 Å². The maximum atomic E-state index is 13.1. The molecule has 168 valence electrons. The molecule has 0 spiro atoms. The fraction of sp³-hybridized carbons (Fsp3) is 0.450. The lowest BCUT2D eigenvalue weighted by molar-refractivity contribution is -0.149. The van der Waals surface area contributed by atoms with Crippen molar-refractivity contribution in [2.75, 3.05) is 25.6 Å². The minimum absolute atomic E-state index is 0.0492. The zero-order chi connectivity index (χ0) is 22.8. The van der Waals surface area contributed by atoms with Crippen molar-refractivity contribution in [1.82, 2.24) is 9.97 Å². The van der Waals surface area contributed by atoms with E-state index in [1.54, 1.807) is 19.9 Å². The SMILES string of the molecule is COC(C(=O)O)c1nc(C)nc(N[C@H](C)c2cccc(C(F)(F)F)c2)c1C1OCCO1. The molecule has 1 fully saturated rings. The smallest absolute Gasteiger partial charge is 0.416 e. The summed E-state index contributed by atoms with van der Waals surface area (Å²) in [4.78, 5) is 20.3. The first kappa shape index (κ1) is 22.9. The number of alkyl halides is 3. The Hall–Kier alpha value is -2.76. The van der Waals surface area contributed by atoms with E-state index in [2.05, 4.69) is 15.3 Å². The number of rotatable bonds is 7. The van der Waals surface area contributed by atoms with E-state index in [4.69, 9.17) is 14.2 Å². The average Bonchev–Trinajstić information content (AvgIpc) is 3.21. The Bertz CT molecular complexity index is 948. The highest BCUT2D eigenvalue weighted by Gasteiger charge is 2.34. The summed E-state index contributed by atoms with van der Waals surface area (Å²) in [6.07, 6.45) is -6.82. The van der Waals surface area contributed by atoms with Crippen LogP contribution in [-0.4, -0.2) is 41.4 Å². The number of carboxylic acid groups (broad SMARTS) is 1. The number of nitrogens with one attached hydrogen (secondary N) is 1. The topological polar surface area (TPSA) is 103 Å². The zero-order valence-corrected chi connectivity index (χ0v) is 17.1. The second-order valence-corrected chi connectivity index (χ2v) is 6.94. The number of aryl methyl sites for hydroxylation is 1. The van der Waals surface area contributed by atoms with Crippen molar-refractivity contribution in [3.63, 3.8) is 0 Å². The summed E-state index contributed by atoms with van der Waals surface area (Å²) in [5.41, 5.74) is -0.121. The normalized spacial score (nSPS) is 16.8. The summed E-state index contributed by atoms with van der Waals surface area (Å²) in [6, 6.07) is 4.31. The van der Waals surface area contributed by atoms with Gasteiger partial charge in [-0.3, -0.25) is 0 Å². The van der Waals surface area contributed by atoms with Crippen molar-refractivity contribution in [2.45, 2.75) is 38.5 Å². The number of benzene rings is 1. The van der Waals surface area contributed by atoms with Gasteiger partial charge >= 0.3 is 12.1 Å². The van der Waals surface area contributed by atoms with E-state index in [9.17, 15) is 23.1 Å². The van der Waals surface area contributed by atoms with Crippen molar-refractivity contribution < 1.29 is 37.3 Å². The third-order valence-corrected chi connectivity index (χ3v) is 4.72.